The van der Waals surface area contributed by atoms with Gasteiger partial charge in [-0.3, -0.25) is 5.10 Å². The zero-order chi connectivity index (χ0) is 18.1. The molecule has 0 spiro atoms. The van der Waals surface area contributed by atoms with E-state index in [4.69, 9.17) is 9.26 Å². The molecule has 0 aliphatic rings. The standard InChI is InChI=1S/C20H18N4O2/c1-12-8-9-14(10-13(12)2)16-11-17(23-22-16)20-21-19(24-26-20)15-6-4-5-7-18(15)25-3/h4-11H,1-3H3,(H,22,23). The van der Waals surface area contributed by atoms with Gasteiger partial charge >= 0.3 is 0 Å². The van der Waals surface area contributed by atoms with E-state index in [1.54, 1.807) is 7.11 Å². The number of hydrogen-bond donors (Lipinski definition) is 1. The minimum Gasteiger partial charge on any atom is -0.496 e. The van der Waals surface area contributed by atoms with Crippen LogP contribution in [0.15, 0.2) is 53.1 Å². The van der Waals surface area contributed by atoms with Crippen molar-refractivity contribution in [2.24, 2.45) is 0 Å². The molecule has 130 valence electrons. The Morgan fingerprint density at radius 1 is 1.00 bits per heavy atom. The molecule has 4 aromatic rings. The van der Waals surface area contributed by atoms with Gasteiger partial charge in [-0.15, -0.1) is 0 Å². The van der Waals surface area contributed by atoms with E-state index in [0.29, 0.717) is 23.2 Å². The molecule has 26 heavy (non-hydrogen) atoms. The number of para-hydroxylation sites is 1. The highest BCUT2D eigenvalue weighted by Crippen LogP contribution is 2.30. The number of aromatic nitrogens is 4. The van der Waals surface area contributed by atoms with Crippen LogP contribution >= 0.6 is 0 Å². The molecule has 6 heteroatoms. The smallest absolute Gasteiger partial charge is 0.276 e. The second-order valence-electron chi connectivity index (χ2n) is 6.09. The zero-order valence-corrected chi connectivity index (χ0v) is 14.8. The summed E-state index contributed by atoms with van der Waals surface area (Å²) in [7, 11) is 1.62. The van der Waals surface area contributed by atoms with Gasteiger partial charge in [0.1, 0.15) is 11.4 Å². The normalized spacial score (nSPS) is 10.9. The van der Waals surface area contributed by atoms with Gasteiger partial charge in [0.2, 0.25) is 5.82 Å². The highest BCUT2D eigenvalue weighted by molar-refractivity contribution is 5.68. The van der Waals surface area contributed by atoms with Crippen molar-refractivity contribution >= 4 is 0 Å². The van der Waals surface area contributed by atoms with Gasteiger partial charge in [-0.1, -0.05) is 29.4 Å². The fraction of sp³-hybridized carbons (Fsp3) is 0.150. The summed E-state index contributed by atoms with van der Waals surface area (Å²) in [6, 6.07) is 15.7. The van der Waals surface area contributed by atoms with Gasteiger partial charge in [0, 0.05) is 5.56 Å². The van der Waals surface area contributed by atoms with Crippen molar-refractivity contribution in [3.8, 4) is 40.0 Å². The Balaban J connectivity index is 1.66. The Hall–Kier alpha value is -3.41. The first-order valence-electron chi connectivity index (χ1n) is 8.26. The number of H-pyrrole nitrogens is 1. The number of benzene rings is 2. The average molecular weight is 346 g/mol. The SMILES string of the molecule is COc1ccccc1-c1noc(-c2cc(-c3ccc(C)c(C)c3)n[nH]2)n1. The molecule has 0 amide bonds. The Morgan fingerprint density at radius 3 is 2.65 bits per heavy atom. The minimum atomic E-state index is 0.383. The van der Waals surface area contributed by atoms with Crippen LogP contribution in [0.4, 0.5) is 0 Å². The number of ether oxygens (including phenoxy) is 1. The van der Waals surface area contributed by atoms with Gasteiger partial charge in [-0.2, -0.15) is 10.1 Å². The van der Waals surface area contributed by atoms with E-state index >= 15 is 0 Å². The molecule has 0 saturated carbocycles. The number of hydrogen-bond acceptors (Lipinski definition) is 5. The molecule has 0 atom stereocenters. The second-order valence-corrected chi connectivity index (χ2v) is 6.09. The fourth-order valence-electron chi connectivity index (χ4n) is 2.75. The molecule has 0 radical (unpaired) electrons. The van der Waals surface area contributed by atoms with Crippen LogP contribution in [-0.2, 0) is 0 Å². The summed E-state index contributed by atoms with van der Waals surface area (Å²) in [5, 5.41) is 11.4. The topological polar surface area (TPSA) is 76.8 Å². The molecule has 2 heterocycles. The second kappa shape index (κ2) is 6.48. The summed E-state index contributed by atoms with van der Waals surface area (Å²) < 4.78 is 10.8. The van der Waals surface area contributed by atoms with Crippen LogP contribution in [0.2, 0.25) is 0 Å². The highest BCUT2D eigenvalue weighted by Gasteiger charge is 2.16. The van der Waals surface area contributed by atoms with Crippen LogP contribution < -0.4 is 4.74 Å². The van der Waals surface area contributed by atoms with Crippen molar-refractivity contribution in [3.63, 3.8) is 0 Å². The lowest BCUT2D eigenvalue weighted by atomic mass is 10.0. The molecular weight excluding hydrogens is 328 g/mol. The van der Waals surface area contributed by atoms with Gasteiger partial charge in [0.25, 0.3) is 5.89 Å². The number of nitrogens with one attached hydrogen (secondary N) is 1. The predicted octanol–water partition coefficient (Wildman–Crippen LogP) is 4.42. The molecule has 0 bridgehead atoms. The third kappa shape index (κ3) is 2.86. The van der Waals surface area contributed by atoms with Gasteiger partial charge in [0.05, 0.1) is 18.4 Å². The van der Waals surface area contributed by atoms with Gasteiger partial charge in [-0.25, -0.2) is 0 Å². The molecule has 1 N–H and O–H groups in total. The van der Waals surface area contributed by atoms with E-state index in [1.165, 1.54) is 11.1 Å². The number of rotatable bonds is 4. The van der Waals surface area contributed by atoms with Crippen molar-refractivity contribution in [1.29, 1.82) is 0 Å². The largest absolute Gasteiger partial charge is 0.496 e. The van der Waals surface area contributed by atoms with Crippen molar-refractivity contribution in [2.75, 3.05) is 7.11 Å². The summed E-state index contributed by atoms with van der Waals surface area (Å²) >= 11 is 0. The maximum atomic E-state index is 5.41. The van der Waals surface area contributed by atoms with Gasteiger partial charge in [-0.05, 0) is 49.2 Å². The molecule has 0 aliphatic heterocycles. The summed E-state index contributed by atoms with van der Waals surface area (Å²) in [5.74, 6) is 1.55. The van der Waals surface area contributed by atoms with Crippen molar-refractivity contribution in [2.45, 2.75) is 13.8 Å². The first-order chi connectivity index (χ1) is 12.7. The van der Waals surface area contributed by atoms with Crippen LogP contribution in [0.1, 0.15) is 11.1 Å². The Labute approximate surface area is 150 Å². The summed E-state index contributed by atoms with van der Waals surface area (Å²) in [5.41, 5.74) is 5.80. The first kappa shape index (κ1) is 16.1. The van der Waals surface area contributed by atoms with Crippen LogP contribution in [0, 0.1) is 13.8 Å². The molecule has 0 fully saturated rings. The van der Waals surface area contributed by atoms with Crippen LogP contribution in [0.25, 0.3) is 34.2 Å². The Morgan fingerprint density at radius 2 is 1.85 bits per heavy atom. The molecule has 0 unspecified atom stereocenters. The van der Waals surface area contributed by atoms with Gasteiger partial charge < -0.3 is 9.26 Å². The van der Waals surface area contributed by atoms with E-state index in [2.05, 4.69) is 52.4 Å². The van der Waals surface area contributed by atoms with Crippen molar-refractivity contribution < 1.29 is 9.26 Å². The van der Waals surface area contributed by atoms with E-state index < -0.39 is 0 Å². The van der Waals surface area contributed by atoms with Crippen molar-refractivity contribution in [3.05, 3.63) is 59.7 Å². The lowest BCUT2D eigenvalue weighted by molar-refractivity contribution is 0.413. The minimum absolute atomic E-state index is 0.383. The summed E-state index contributed by atoms with van der Waals surface area (Å²) in [6.45, 7) is 4.18. The number of nitrogens with zero attached hydrogens (tertiary/aromatic N) is 3. The number of aryl methyl sites for hydroxylation is 2. The summed E-state index contributed by atoms with van der Waals surface area (Å²) in [6.07, 6.45) is 0. The Bertz CT molecular complexity index is 1070. The quantitative estimate of drug-likeness (QED) is 0.592. The van der Waals surface area contributed by atoms with E-state index in [0.717, 1.165) is 16.8 Å². The lowest BCUT2D eigenvalue weighted by Gasteiger charge is -2.02. The fourth-order valence-corrected chi connectivity index (χ4v) is 2.75. The third-order valence-electron chi connectivity index (χ3n) is 4.38. The molecule has 6 nitrogen and oxygen atoms in total. The molecule has 0 aliphatic carbocycles. The van der Waals surface area contributed by atoms with Crippen LogP contribution in [0.3, 0.4) is 0 Å². The third-order valence-corrected chi connectivity index (χ3v) is 4.38. The van der Waals surface area contributed by atoms with E-state index in [-0.39, 0.29) is 0 Å². The zero-order valence-electron chi connectivity index (χ0n) is 14.8. The molecule has 0 saturated heterocycles. The molecule has 4 rings (SSSR count). The maximum absolute atomic E-state index is 5.41. The van der Waals surface area contributed by atoms with Crippen LogP contribution in [-0.4, -0.2) is 27.4 Å². The average Bonchev–Trinajstić information content (AvgIpc) is 3.33. The number of methoxy groups -OCH3 is 1. The van der Waals surface area contributed by atoms with Gasteiger partial charge in [0.15, 0.2) is 0 Å². The van der Waals surface area contributed by atoms with Crippen LogP contribution in [0.5, 0.6) is 5.75 Å². The highest BCUT2D eigenvalue weighted by atomic mass is 16.5. The maximum Gasteiger partial charge on any atom is 0.276 e. The van der Waals surface area contributed by atoms with E-state index in [9.17, 15) is 0 Å². The van der Waals surface area contributed by atoms with Crippen molar-refractivity contribution in [1.82, 2.24) is 20.3 Å². The summed E-state index contributed by atoms with van der Waals surface area (Å²) in [4.78, 5) is 4.47. The molecule has 2 aromatic carbocycles. The lowest BCUT2D eigenvalue weighted by Crippen LogP contribution is -1.88. The predicted molar refractivity (Wildman–Crippen MR) is 98.8 cm³/mol. The Kier molecular flexibility index (Phi) is 4.01. The molecular formula is C20H18N4O2. The molecule has 2 aromatic heterocycles. The van der Waals surface area contributed by atoms with E-state index in [1.807, 2.05) is 30.3 Å². The monoisotopic (exact) mass is 346 g/mol. The number of aromatic amines is 1. The first-order valence-corrected chi connectivity index (χ1v) is 8.26.